The highest BCUT2D eigenvalue weighted by Crippen LogP contribution is 2.19. The molecule has 2 nitrogen and oxygen atoms in total. The average Bonchev–Trinajstić information content (AvgIpc) is 2.86. The zero-order valence-corrected chi connectivity index (χ0v) is 24.6. The Morgan fingerprint density at radius 1 is 0.444 bits per heavy atom. The highest BCUT2D eigenvalue weighted by molar-refractivity contribution is 5.87. The number of esters is 1. The van der Waals surface area contributed by atoms with Crippen LogP contribution in [0, 0.1) is 0 Å². The fourth-order valence-electron chi connectivity index (χ4n) is 5.68. The van der Waals surface area contributed by atoms with Crippen molar-refractivity contribution in [1.29, 1.82) is 0 Å². The molecule has 1 saturated carbocycles. The van der Waals surface area contributed by atoms with Crippen LogP contribution in [0.15, 0.2) is 12.2 Å². The van der Waals surface area contributed by atoms with Crippen molar-refractivity contribution in [2.45, 2.75) is 199 Å². The molecule has 0 N–H and O–H groups in total. The maximum Gasteiger partial charge on any atom is 0.333 e. The Bertz CT molecular complexity index is 467. The molecule has 2 heteroatoms. The molecule has 0 radical (unpaired) electrons. The van der Waals surface area contributed by atoms with Crippen LogP contribution in [0.5, 0.6) is 0 Å². The fraction of sp³-hybridized carbons (Fsp3) is 0.912. The van der Waals surface area contributed by atoms with Gasteiger partial charge in [-0.15, -0.1) is 0 Å². The van der Waals surface area contributed by atoms with Crippen LogP contribution >= 0.6 is 0 Å². The summed E-state index contributed by atoms with van der Waals surface area (Å²) < 4.78 is 5.78. The number of hydrogen-bond acceptors (Lipinski definition) is 2. The van der Waals surface area contributed by atoms with E-state index in [2.05, 4.69) is 6.58 Å². The van der Waals surface area contributed by atoms with E-state index < -0.39 is 0 Å². The third-order valence-electron chi connectivity index (χ3n) is 8.17. The first-order chi connectivity index (χ1) is 17.7. The largest absolute Gasteiger partial charge is 0.459 e. The number of carbonyl (C=O) groups excluding carboxylic acids is 1. The van der Waals surface area contributed by atoms with E-state index in [0.717, 1.165) is 12.8 Å². The van der Waals surface area contributed by atoms with Crippen LogP contribution in [0.3, 0.4) is 0 Å². The molecule has 0 aliphatic heterocycles. The summed E-state index contributed by atoms with van der Waals surface area (Å²) in [5.41, 5.74) is 0.531. The summed E-state index contributed by atoms with van der Waals surface area (Å²) in [5.74, 6) is -0.197. The molecule has 0 heterocycles. The molecule has 0 unspecified atom stereocenters. The predicted molar refractivity (Wildman–Crippen MR) is 159 cm³/mol. The predicted octanol–water partition coefficient (Wildman–Crippen LogP) is 11.8. The van der Waals surface area contributed by atoms with Crippen LogP contribution in [-0.2, 0) is 9.53 Å². The van der Waals surface area contributed by atoms with E-state index in [4.69, 9.17) is 4.74 Å². The molecule has 0 bridgehead atoms. The van der Waals surface area contributed by atoms with Crippen molar-refractivity contribution in [1.82, 2.24) is 0 Å². The lowest BCUT2D eigenvalue weighted by Crippen LogP contribution is -2.18. The Morgan fingerprint density at radius 2 is 0.639 bits per heavy atom. The Labute approximate surface area is 226 Å². The van der Waals surface area contributed by atoms with Crippen molar-refractivity contribution in [3.05, 3.63) is 12.2 Å². The monoisotopic (exact) mass is 504 g/mol. The van der Waals surface area contributed by atoms with Crippen molar-refractivity contribution < 1.29 is 9.53 Å². The third-order valence-corrected chi connectivity index (χ3v) is 8.17. The van der Waals surface area contributed by atoms with Crippen molar-refractivity contribution >= 4 is 5.97 Å². The first-order valence-electron chi connectivity index (χ1n) is 16.6. The van der Waals surface area contributed by atoms with Gasteiger partial charge >= 0.3 is 5.97 Å². The number of ether oxygens (including phenoxy) is 1. The van der Waals surface area contributed by atoms with Crippen LogP contribution in [-0.4, -0.2) is 12.1 Å². The van der Waals surface area contributed by atoms with Gasteiger partial charge in [-0.2, -0.15) is 0 Å². The van der Waals surface area contributed by atoms with Crippen molar-refractivity contribution in [3.8, 4) is 0 Å². The van der Waals surface area contributed by atoms with Crippen LogP contribution in [0.1, 0.15) is 193 Å². The molecule has 0 aromatic heterocycles. The van der Waals surface area contributed by atoms with Crippen molar-refractivity contribution in [2.24, 2.45) is 0 Å². The number of hydrogen-bond donors (Lipinski definition) is 0. The lowest BCUT2D eigenvalue weighted by atomic mass is 10.0. The van der Waals surface area contributed by atoms with E-state index in [0.29, 0.717) is 5.57 Å². The second kappa shape index (κ2) is 25.8. The number of carbonyl (C=O) groups is 1. The molecule has 1 rings (SSSR count). The molecule has 212 valence electrons. The summed E-state index contributed by atoms with van der Waals surface area (Å²) in [4.78, 5) is 12.1. The van der Waals surface area contributed by atoms with Crippen LogP contribution in [0.25, 0.3) is 0 Å². The van der Waals surface area contributed by atoms with E-state index in [1.54, 1.807) is 6.92 Å². The zero-order valence-electron chi connectivity index (χ0n) is 24.6. The highest BCUT2D eigenvalue weighted by atomic mass is 16.5. The number of rotatable bonds is 2. The molecule has 0 saturated heterocycles. The van der Waals surface area contributed by atoms with Gasteiger partial charge < -0.3 is 4.74 Å². The molecular weight excluding hydrogens is 440 g/mol. The van der Waals surface area contributed by atoms with E-state index in [1.165, 1.54) is 173 Å². The van der Waals surface area contributed by atoms with Crippen molar-refractivity contribution in [3.63, 3.8) is 0 Å². The Balaban J connectivity index is 2.27. The summed E-state index contributed by atoms with van der Waals surface area (Å²) in [5, 5.41) is 0. The topological polar surface area (TPSA) is 26.3 Å². The molecular formula is C34H64O2. The summed E-state index contributed by atoms with van der Waals surface area (Å²) in [6, 6.07) is 0. The van der Waals surface area contributed by atoms with Crippen molar-refractivity contribution in [2.75, 3.05) is 0 Å². The molecule has 0 aromatic carbocycles. The molecule has 0 spiro atoms. The Kier molecular flexibility index (Phi) is 23.9. The lowest BCUT2D eigenvalue weighted by molar-refractivity contribution is -0.145. The van der Waals surface area contributed by atoms with Gasteiger partial charge in [0.2, 0.25) is 0 Å². The first-order valence-corrected chi connectivity index (χ1v) is 16.6. The molecule has 1 aliphatic rings. The Hall–Kier alpha value is -0.790. The first kappa shape index (κ1) is 33.2. The zero-order chi connectivity index (χ0) is 25.9. The maximum absolute atomic E-state index is 12.1. The molecule has 0 atom stereocenters. The molecule has 0 aromatic rings. The van der Waals surface area contributed by atoms with E-state index >= 15 is 0 Å². The normalized spacial score (nSPS) is 22.2. The van der Waals surface area contributed by atoms with E-state index in [1.807, 2.05) is 0 Å². The molecule has 1 fully saturated rings. The van der Waals surface area contributed by atoms with Gasteiger partial charge in [0.05, 0.1) is 0 Å². The van der Waals surface area contributed by atoms with Gasteiger partial charge in [-0.25, -0.2) is 4.79 Å². The van der Waals surface area contributed by atoms with E-state index in [9.17, 15) is 4.79 Å². The summed E-state index contributed by atoms with van der Waals surface area (Å²) in [6.45, 7) is 5.53. The minimum Gasteiger partial charge on any atom is -0.459 e. The van der Waals surface area contributed by atoms with Gasteiger partial charge in [-0.1, -0.05) is 167 Å². The van der Waals surface area contributed by atoms with E-state index in [-0.39, 0.29) is 12.1 Å². The summed E-state index contributed by atoms with van der Waals surface area (Å²) in [6.07, 6.45) is 39.9. The second-order valence-corrected chi connectivity index (χ2v) is 11.9. The molecule has 1 aliphatic carbocycles. The minimum absolute atomic E-state index is 0.0922. The SMILES string of the molecule is C=C(C)C(=O)OC1CCCCCCCCCCCCCCCCCCCCCCCCCCCCC1. The standard InChI is InChI=1S/C34H64O2/c1-32(2)34(35)36-33-30-28-26-24-22-20-18-16-14-12-10-8-6-4-3-5-7-9-11-13-15-17-19-21-23-25-27-29-31-33/h33H,1,3-31H2,2H3. The van der Waals surface area contributed by atoms with Crippen LogP contribution < -0.4 is 0 Å². The average molecular weight is 505 g/mol. The highest BCUT2D eigenvalue weighted by Gasteiger charge is 2.14. The van der Waals surface area contributed by atoms with Crippen LogP contribution in [0.2, 0.25) is 0 Å². The molecule has 36 heavy (non-hydrogen) atoms. The van der Waals surface area contributed by atoms with Gasteiger partial charge in [-0.05, 0) is 32.6 Å². The smallest absolute Gasteiger partial charge is 0.333 e. The Morgan fingerprint density at radius 3 is 0.833 bits per heavy atom. The third kappa shape index (κ3) is 22.4. The molecule has 0 amide bonds. The second-order valence-electron chi connectivity index (χ2n) is 11.9. The van der Waals surface area contributed by atoms with Crippen LogP contribution in [0.4, 0.5) is 0 Å². The minimum atomic E-state index is -0.197. The lowest BCUT2D eigenvalue weighted by Gasteiger charge is -2.18. The van der Waals surface area contributed by atoms with Gasteiger partial charge in [0, 0.05) is 5.57 Å². The maximum atomic E-state index is 12.1. The van der Waals surface area contributed by atoms with Gasteiger partial charge in [0.1, 0.15) is 6.10 Å². The van der Waals surface area contributed by atoms with Gasteiger partial charge in [0.15, 0.2) is 0 Å². The quantitative estimate of drug-likeness (QED) is 0.276. The van der Waals surface area contributed by atoms with Gasteiger partial charge in [0.25, 0.3) is 0 Å². The van der Waals surface area contributed by atoms with Gasteiger partial charge in [-0.3, -0.25) is 0 Å². The fourth-order valence-corrected chi connectivity index (χ4v) is 5.68. The summed E-state index contributed by atoms with van der Waals surface area (Å²) >= 11 is 0. The summed E-state index contributed by atoms with van der Waals surface area (Å²) in [7, 11) is 0.